The van der Waals surface area contributed by atoms with Crippen LogP contribution >= 0.6 is 0 Å². The lowest BCUT2D eigenvalue weighted by molar-refractivity contribution is -0.0396. The fourth-order valence-electron chi connectivity index (χ4n) is 3.43. The zero-order valence-corrected chi connectivity index (χ0v) is 12.5. The molecule has 1 aromatic heterocycles. The molecule has 1 aromatic rings. The normalized spacial score (nSPS) is 24.6. The monoisotopic (exact) mass is 293 g/mol. The summed E-state index contributed by atoms with van der Waals surface area (Å²) in [4.78, 5) is 14.1. The highest BCUT2D eigenvalue weighted by Gasteiger charge is 2.43. The van der Waals surface area contributed by atoms with Crippen LogP contribution in [0.1, 0.15) is 36.2 Å². The summed E-state index contributed by atoms with van der Waals surface area (Å²) in [6.07, 6.45) is 5.54. The number of carbonyl (C=O) groups excluding carboxylic acids is 1. The van der Waals surface area contributed by atoms with Crippen molar-refractivity contribution in [2.75, 3.05) is 33.4 Å². The molecule has 0 unspecified atom stereocenters. The Balaban J connectivity index is 1.52. The van der Waals surface area contributed by atoms with Gasteiger partial charge in [-0.2, -0.15) is 0 Å². The molecule has 0 bridgehead atoms. The van der Waals surface area contributed by atoms with Crippen LogP contribution in [0.25, 0.3) is 0 Å². The van der Waals surface area contributed by atoms with Gasteiger partial charge in [0.1, 0.15) is 0 Å². The zero-order valence-electron chi connectivity index (χ0n) is 12.5. The van der Waals surface area contributed by atoms with Crippen LogP contribution in [0.3, 0.4) is 0 Å². The second-order valence-electron chi connectivity index (χ2n) is 6.12. The fourth-order valence-corrected chi connectivity index (χ4v) is 3.43. The van der Waals surface area contributed by atoms with Gasteiger partial charge in [-0.1, -0.05) is 0 Å². The van der Waals surface area contributed by atoms with Gasteiger partial charge >= 0.3 is 0 Å². The first-order valence-corrected chi connectivity index (χ1v) is 7.68. The Labute approximate surface area is 125 Å². The maximum Gasteiger partial charge on any atom is 0.289 e. The summed E-state index contributed by atoms with van der Waals surface area (Å²) in [6, 6.07) is 3.47. The van der Waals surface area contributed by atoms with Gasteiger partial charge in [0.2, 0.25) is 0 Å². The summed E-state index contributed by atoms with van der Waals surface area (Å²) in [7, 11) is 1.74. The van der Waals surface area contributed by atoms with Crippen LogP contribution in [0, 0.1) is 5.92 Å². The van der Waals surface area contributed by atoms with Crippen molar-refractivity contribution in [3.05, 3.63) is 24.2 Å². The van der Waals surface area contributed by atoms with E-state index in [9.17, 15) is 4.79 Å². The number of hydrogen-bond acceptors (Lipinski definition) is 4. The molecule has 1 atom stereocenters. The Kier molecular flexibility index (Phi) is 4.31. The van der Waals surface area contributed by atoms with Gasteiger partial charge in [0, 0.05) is 26.8 Å². The molecule has 3 rings (SSSR count). The molecule has 0 aliphatic carbocycles. The van der Waals surface area contributed by atoms with Crippen molar-refractivity contribution < 1.29 is 18.7 Å². The second-order valence-corrected chi connectivity index (χ2v) is 6.12. The first-order chi connectivity index (χ1) is 10.2. The topological polar surface area (TPSA) is 51.9 Å². The summed E-state index contributed by atoms with van der Waals surface area (Å²) in [5, 5.41) is 0. The maximum atomic E-state index is 12.2. The van der Waals surface area contributed by atoms with E-state index in [0.717, 1.165) is 52.0 Å². The summed E-state index contributed by atoms with van der Waals surface area (Å²) in [5.74, 6) is 1.01. The molecule has 3 heterocycles. The highest BCUT2D eigenvalue weighted by atomic mass is 16.5. The number of nitrogens with zero attached hydrogens (tertiary/aromatic N) is 1. The molecule has 2 aliphatic rings. The highest BCUT2D eigenvalue weighted by Crippen LogP contribution is 2.39. The van der Waals surface area contributed by atoms with E-state index in [1.54, 1.807) is 25.5 Å². The van der Waals surface area contributed by atoms with E-state index in [2.05, 4.69) is 0 Å². The van der Waals surface area contributed by atoms with E-state index in [1.807, 2.05) is 4.90 Å². The van der Waals surface area contributed by atoms with Crippen LogP contribution < -0.4 is 0 Å². The average molecular weight is 293 g/mol. The number of rotatable bonds is 4. The van der Waals surface area contributed by atoms with Gasteiger partial charge in [-0.3, -0.25) is 4.79 Å². The predicted molar refractivity (Wildman–Crippen MR) is 77.1 cm³/mol. The van der Waals surface area contributed by atoms with Crippen molar-refractivity contribution in [2.45, 2.75) is 31.3 Å². The highest BCUT2D eigenvalue weighted by molar-refractivity contribution is 5.91. The van der Waals surface area contributed by atoms with E-state index in [1.165, 1.54) is 0 Å². The average Bonchev–Trinajstić information content (AvgIpc) is 3.16. The third-order valence-corrected chi connectivity index (χ3v) is 4.71. The van der Waals surface area contributed by atoms with E-state index < -0.39 is 0 Å². The van der Waals surface area contributed by atoms with Gasteiger partial charge in [-0.05, 0) is 43.7 Å². The van der Waals surface area contributed by atoms with Gasteiger partial charge in [0.15, 0.2) is 5.76 Å². The lowest BCUT2D eigenvalue weighted by Crippen LogP contribution is -2.46. The SMILES string of the molecule is COCC[C@H]1COC2(CCN(C(=O)c3ccco3)CC2)C1. The van der Waals surface area contributed by atoms with Crippen LogP contribution in [0.5, 0.6) is 0 Å². The second kappa shape index (κ2) is 6.20. The molecule has 1 spiro atoms. The third kappa shape index (κ3) is 3.14. The minimum absolute atomic E-state index is 0.0104. The third-order valence-electron chi connectivity index (χ3n) is 4.71. The van der Waals surface area contributed by atoms with Gasteiger partial charge in [-0.25, -0.2) is 0 Å². The van der Waals surface area contributed by atoms with Crippen molar-refractivity contribution in [3.63, 3.8) is 0 Å². The van der Waals surface area contributed by atoms with Gasteiger partial charge in [0.25, 0.3) is 5.91 Å². The standard InChI is InChI=1S/C16H23NO4/c1-19-10-4-13-11-16(21-12-13)5-7-17(8-6-16)15(18)14-3-2-9-20-14/h2-3,9,13H,4-8,10-12H2,1H3/t13-/m1/s1. The van der Waals surface area contributed by atoms with Crippen molar-refractivity contribution in [1.82, 2.24) is 4.90 Å². The number of furan rings is 1. The largest absolute Gasteiger partial charge is 0.459 e. The number of piperidine rings is 1. The van der Waals surface area contributed by atoms with Crippen molar-refractivity contribution >= 4 is 5.91 Å². The van der Waals surface area contributed by atoms with E-state index in [4.69, 9.17) is 13.9 Å². The summed E-state index contributed by atoms with van der Waals surface area (Å²) >= 11 is 0. The molecule has 21 heavy (non-hydrogen) atoms. The van der Waals surface area contributed by atoms with Crippen LogP contribution in [0.15, 0.2) is 22.8 Å². The molecular formula is C16H23NO4. The molecule has 1 amide bonds. The fraction of sp³-hybridized carbons (Fsp3) is 0.688. The van der Waals surface area contributed by atoms with Crippen LogP contribution in [0.4, 0.5) is 0 Å². The number of amides is 1. The molecule has 0 aromatic carbocycles. The van der Waals surface area contributed by atoms with Crippen molar-refractivity contribution in [3.8, 4) is 0 Å². The predicted octanol–water partition coefficient (Wildman–Crippen LogP) is 2.33. The quantitative estimate of drug-likeness (QED) is 0.855. The van der Waals surface area contributed by atoms with Crippen LogP contribution in [-0.4, -0.2) is 49.8 Å². The Bertz CT molecular complexity index is 463. The number of methoxy groups -OCH3 is 1. The first kappa shape index (κ1) is 14.6. The zero-order chi connectivity index (χ0) is 14.7. The molecule has 116 valence electrons. The molecule has 5 heteroatoms. The Morgan fingerprint density at radius 3 is 2.95 bits per heavy atom. The van der Waals surface area contributed by atoms with E-state index in [0.29, 0.717) is 11.7 Å². The Morgan fingerprint density at radius 2 is 2.29 bits per heavy atom. The van der Waals surface area contributed by atoms with Gasteiger partial charge < -0.3 is 18.8 Å². The number of hydrogen-bond donors (Lipinski definition) is 0. The van der Waals surface area contributed by atoms with E-state index in [-0.39, 0.29) is 11.5 Å². The van der Waals surface area contributed by atoms with Gasteiger partial charge in [-0.15, -0.1) is 0 Å². The summed E-state index contributed by atoms with van der Waals surface area (Å²) < 4.78 is 16.4. The van der Waals surface area contributed by atoms with Gasteiger partial charge in [0.05, 0.1) is 18.5 Å². The summed E-state index contributed by atoms with van der Waals surface area (Å²) in [5.41, 5.74) is -0.0155. The number of carbonyl (C=O) groups is 1. The molecule has 0 saturated carbocycles. The minimum atomic E-state index is -0.0155. The molecular weight excluding hydrogens is 270 g/mol. The number of likely N-dealkylation sites (tertiary alicyclic amines) is 1. The molecule has 2 fully saturated rings. The maximum absolute atomic E-state index is 12.2. The smallest absolute Gasteiger partial charge is 0.289 e. The Hall–Kier alpha value is -1.33. The lowest BCUT2D eigenvalue weighted by atomic mass is 9.84. The van der Waals surface area contributed by atoms with Crippen LogP contribution in [0.2, 0.25) is 0 Å². The molecule has 0 N–H and O–H groups in total. The minimum Gasteiger partial charge on any atom is -0.459 e. The van der Waals surface area contributed by atoms with E-state index >= 15 is 0 Å². The first-order valence-electron chi connectivity index (χ1n) is 7.68. The summed E-state index contributed by atoms with van der Waals surface area (Å²) in [6.45, 7) is 3.12. The molecule has 2 saturated heterocycles. The Morgan fingerprint density at radius 1 is 1.48 bits per heavy atom. The number of ether oxygens (including phenoxy) is 2. The van der Waals surface area contributed by atoms with Crippen molar-refractivity contribution in [1.29, 1.82) is 0 Å². The van der Waals surface area contributed by atoms with Crippen LogP contribution in [-0.2, 0) is 9.47 Å². The van der Waals surface area contributed by atoms with Crippen molar-refractivity contribution in [2.24, 2.45) is 5.92 Å². The molecule has 5 nitrogen and oxygen atoms in total. The molecule has 0 radical (unpaired) electrons. The lowest BCUT2D eigenvalue weighted by Gasteiger charge is -2.38. The molecule has 2 aliphatic heterocycles.